The third-order valence-electron chi connectivity index (χ3n) is 4.70. The van der Waals surface area contributed by atoms with Crippen molar-refractivity contribution in [3.63, 3.8) is 0 Å². The number of carbonyl (C=O) groups excluding carboxylic acids is 1. The third-order valence-corrected chi connectivity index (χ3v) is 4.70. The summed E-state index contributed by atoms with van der Waals surface area (Å²) in [5.41, 5.74) is 5.58. The van der Waals surface area contributed by atoms with Gasteiger partial charge in [0.1, 0.15) is 5.82 Å². The van der Waals surface area contributed by atoms with E-state index < -0.39 is 0 Å². The number of amides is 1. The lowest BCUT2D eigenvalue weighted by Gasteiger charge is -2.45. The summed E-state index contributed by atoms with van der Waals surface area (Å²) >= 11 is 0. The van der Waals surface area contributed by atoms with E-state index >= 15 is 0 Å². The summed E-state index contributed by atoms with van der Waals surface area (Å²) in [5, 5.41) is 0. The molecule has 5 heteroatoms. The molecule has 1 aliphatic carbocycles. The minimum Gasteiger partial charge on any atom is -0.353 e. The summed E-state index contributed by atoms with van der Waals surface area (Å²) in [5.74, 6) is 1.27. The van der Waals surface area contributed by atoms with E-state index in [-0.39, 0.29) is 11.3 Å². The molecular weight excluding hydrogens is 252 g/mol. The Bertz CT molecular complexity index is 459. The molecule has 3 rings (SSSR count). The molecule has 2 N–H and O–H groups in total. The number of hydrogen-bond acceptors (Lipinski definition) is 4. The van der Waals surface area contributed by atoms with E-state index in [1.54, 1.807) is 0 Å². The highest BCUT2D eigenvalue weighted by Gasteiger charge is 2.45. The Kier molecular flexibility index (Phi) is 3.61. The zero-order chi connectivity index (χ0) is 14.0. The van der Waals surface area contributed by atoms with E-state index in [9.17, 15) is 4.79 Å². The van der Waals surface area contributed by atoms with E-state index in [0.29, 0.717) is 6.54 Å². The van der Waals surface area contributed by atoms with Crippen LogP contribution in [-0.4, -0.2) is 48.5 Å². The van der Waals surface area contributed by atoms with E-state index in [4.69, 9.17) is 5.73 Å². The van der Waals surface area contributed by atoms with Gasteiger partial charge in [0, 0.05) is 38.9 Å². The normalized spacial score (nSPS) is 21.4. The van der Waals surface area contributed by atoms with Crippen molar-refractivity contribution in [3.05, 3.63) is 24.4 Å². The number of carbonyl (C=O) groups is 1. The van der Waals surface area contributed by atoms with Crippen LogP contribution in [-0.2, 0) is 4.79 Å². The number of aromatic nitrogens is 1. The highest BCUT2D eigenvalue weighted by molar-refractivity contribution is 5.84. The Morgan fingerprint density at radius 3 is 2.50 bits per heavy atom. The van der Waals surface area contributed by atoms with Crippen molar-refractivity contribution in [3.8, 4) is 0 Å². The topological polar surface area (TPSA) is 62.5 Å². The van der Waals surface area contributed by atoms with Gasteiger partial charge in [-0.05, 0) is 25.0 Å². The number of nitrogens with zero attached hydrogens (tertiary/aromatic N) is 3. The first-order chi connectivity index (χ1) is 9.75. The molecule has 1 amide bonds. The van der Waals surface area contributed by atoms with Gasteiger partial charge in [-0.2, -0.15) is 0 Å². The highest BCUT2D eigenvalue weighted by atomic mass is 16.2. The fourth-order valence-electron chi connectivity index (χ4n) is 3.12. The summed E-state index contributed by atoms with van der Waals surface area (Å²) < 4.78 is 0. The molecule has 1 saturated heterocycles. The zero-order valence-corrected chi connectivity index (χ0v) is 11.8. The Labute approximate surface area is 119 Å². The van der Waals surface area contributed by atoms with Crippen LogP contribution in [0, 0.1) is 5.41 Å². The number of hydrogen-bond donors (Lipinski definition) is 1. The molecule has 0 spiro atoms. The van der Waals surface area contributed by atoms with Crippen LogP contribution in [0.3, 0.4) is 0 Å². The van der Waals surface area contributed by atoms with Gasteiger partial charge in [0.25, 0.3) is 0 Å². The molecule has 1 aliphatic heterocycles. The van der Waals surface area contributed by atoms with E-state index in [0.717, 1.165) is 51.3 Å². The van der Waals surface area contributed by atoms with Crippen molar-refractivity contribution in [1.29, 1.82) is 0 Å². The van der Waals surface area contributed by atoms with Gasteiger partial charge in [0.15, 0.2) is 0 Å². The number of nitrogens with two attached hydrogens (primary N) is 1. The van der Waals surface area contributed by atoms with Crippen molar-refractivity contribution in [2.75, 3.05) is 37.6 Å². The van der Waals surface area contributed by atoms with Crippen LogP contribution < -0.4 is 10.6 Å². The molecule has 0 bridgehead atoms. The van der Waals surface area contributed by atoms with Crippen LogP contribution in [0.4, 0.5) is 5.82 Å². The highest BCUT2D eigenvalue weighted by Crippen LogP contribution is 2.41. The second-order valence-corrected chi connectivity index (χ2v) is 5.81. The molecule has 5 nitrogen and oxygen atoms in total. The fraction of sp³-hybridized carbons (Fsp3) is 0.600. The lowest BCUT2D eigenvalue weighted by Crippen LogP contribution is -2.57. The first-order valence-electron chi connectivity index (χ1n) is 7.41. The van der Waals surface area contributed by atoms with E-state index in [1.807, 2.05) is 29.3 Å². The smallest absolute Gasteiger partial charge is 0.230 e. The zero-order valence-electron chi connectivity index (χ0n) is 11.8. The van der Waals surface area contributed by atoms with Gasteiger partial charge in [0.05, 0.1) is 5.41 Å². The molecule has 1 aromatic rings. The SMILES string of the molecule is NCC1(C(=O)N2CCN(c3ccccn3)CC2)CCC1. The Morgan fingerprint density at radius 1 is 1.25 bits per heavy atom. The molecule has 0 aromatic carbocycles. The maximum atomic E-state index is 12.6. The average molecular weight is 274 g/mol. The molecule has 2 aliphatic rings. The quantitative estimate of drug-likeness (QED) is 0.888. The molecule has 1 aromatic heterocycles. The van der Waals surface area contributed by atoms with Crippen molar-refractivity contribution >= 4 is 11.7 Å². The van der Waals surface area contributed by atoms with Gasteiger partial charge in [-0.25, -0.2) is 4.98 Å². The second kappa shape index (κ2) is 5.40. The Hall–Kier alpha value is -1.62. The van der Waals surface area contributed by atoms with E-state index in [1.165, 1.54) is 0 Å². The maximum Gasteiger partial charge on any atom is 0.230 e. The van der Waals surface area contributed by atoms with Crippen LogP contribution in [0.15, 0.2) is 24.4 Å². The molecule has 0 unspecified atom stereocenters. The summed E-state index contributed by atoms with van der Waals surface area (Å²) in [6, 6.07) is 5.94. The number of anilines is 1. The first kappa shape index (κ1) is 13.4. The molecule has 2 heterocycles. The van der Waals surface area contributed by atoms with Gasteiger partial charge in [-0.1, -0.05) is 12.5 Å². The third kappa shape index (κ3) is 2.26. The number of pyridine rings is 1. The van der Waals surface area contributed by atoms with Gasteiger partial charge in [0.2, 0.25) is 5.91 Å². The van der Waals surface area contributed by atoms with Crippen LogP contribution >= 0.6 is 0 Å². The Balaban J connectivity index is 1.60. The second-order valence-electron chi connectivity index (χ2n) is 5.81. The molecule has 2 fully saturated rings. The standard InChI is InChI=1S/C15H22N4O/c16-12-15(5-3-6-15)14(20)19-10-8-18(9-11-19)13-4-1-2-7-17-13/h1-2,4,7H,3,5-6,8-12,16H2. The van der Waals surface area contributed by atoms with Gasteiger partial charge < -0.3 is 15.5 Å². The van der Waals surface area contributed by atoms with Gasteiger partial charge >= 0.3 is 0 Å². The molecule has 0 atom stereocenters. The van der Waals surface area contributed by atoms with Crippen LogP contribution in [0.2, 0.25) is 0 Å². The molecule has 0 radical (unpaired) electrons. The largest absolute Gasteiger partial charge is 0.353 e. The summed E-state index contributed by atoms with van der Waals surface area (Å²) in [4.78, 5) is 21.2. The molecular formula is C15H22N4O. The monoisotopic (exact) mass is 274 g/mol. The maximum absolute atomic E-state index is 12.6. The predicted octanol–water partition coefficient (Wildman–Crippen LogP) is 0.859. The Morgan fingerprint density at radius 2 is 2.00 bits per heavy atom. The van der Waals surface area contributed by atoms with Crippen molar-refractivity contribution in [2.45, 2.75) is 19.3 Å². The van der Waals surface area contributed by atoms with Crippen molar-refractivity contribution in [2.24, 2.45) is 11.1 Å². The number of piperazine rings is 1. The van der Waals surface area contributed by atoms with Crippen LogP contribution in [0.25, 0.3) is 0 Å². The van der Waals surface area contributed by atoms with Crippen molar-refractivity contribution in [1.82, 2.24) is 9.88 Å². The number of rotatable bonds is 3. The molecule has 20 heavy (non-hydrogen) atoms. The lowest BCUT2D eigenvalue weighted by molar-refractivity contribution is -0.147. The van der Waals surface area contributed by atoms with Crippen LogP contribution in [0.1, 0.15) is 19.3 Å². The minimum absolute atomic E-state index is 0.243. The first-order valence-corrected chi connectivity index (χ1v) is 7.41. The summed E-state index contributed by atoms with van der Waals surface area (Å²) in [6.07, 6.45) is 4.87. The van der Waals surface area contributed by atoms with Crippen molar-refractivity contribution < 1.29 is 4.79 Å². The molecule has 108 valence electrons. The lowest BCUT2D eigenvalue weighted by atomic mass is 9.67. The fourth-order valence-corrected chi connectivity index (χ4v) is 3.12. The molecule has 1 saturated carbocycles. The average Bonchev–Trinajstić information content (AvgIpc) is 2.48. The van der Waals surface area contributed by atoms with Gasteiger partial charge in [-0.3, -0.25) is 4.79 Å². The minimum atomic E-state index is -0.243. The summed E-state index contributed by atoms with van der Waals surface area (Å²) in [6.45, 7) is 3.74. The summed E-state index contributed by atoms with van der Waals surface area (Å²) in [7, 11) is 0. The van der Waals surface area contributed by atoms with Crippen LogP contribution in [0.5, 0.6) is 0 Å². The predicted molar refractivity (Wildman–Crippen MR) is 78.4 cm³/mol. The van der Waals surface area contributed by atoms with E-state index in [2.05, 4.69) is 9.88 Å². The van der Waals surface area contributed by atoms with Gasteiger partial charge in [-0.15, -0.1) is 0 Å².